The molecule has 0 aliphatic carbocycles. The van der Waals surface area contributed by atoms with Crippen LogP contribution in [0, 0.1) is 0 Å². The van der Waals surface area contributed by atoms with Crippen LogP contribution in [0.25, 0.3) is 55.3 Å². The van der Waals surface area contributed by atoms with Gasteiger partial charge in [0.1, 0.15) is 16.7 Å². The largest absolute Gasteiger partial charge is 0.456 e. The summed E-state index contributed by atoms with van der Waals surface area (Å²) in [6.07, 6.45) is 0. The fourth-order valence-electron chi connectivity index (χ4n) is 5.42. The molecule has 0 saturated carbocycles. The first-order valence-corrected chi connectivity index (χ1v) is 13.0. The molecule has 0 aliphatic heterocycles. The number of hydrogen-bond acceptors (Lipinski definition) is 4. The van der Waals surface area contributed by atoms with E-state index in [2.05, 4.69) is 83.8 Å². The van der Waals surface area contributed by atoms with Gasteiger partial charge in [0.05, 0.1) is 0 Å². The van der Waals surface area contributed by atoms with E-state index >= 15 is 0 Å². The number of oxazole rings is 1. The molecule has 6 aromatic carbocycles. The molecular weight excluding hydrogens is 480 g/mol. The van der Waals surface area contributed by atoms with Crippen LogP contribution in [0.2, 0.25) is 0 Å². The Bertz CT molecular complexity index is 2130. The molecule has 39 heavy (non-hydrogen) atoms. The van der Waals surface area contributed by atoms with Gasteiger partial charge in [0.25, 0.3) is 0 Å². The zero-order valence-electron chi connectivity index (χ0n) is 20.9. The van der Waals surface area contributed by atoms with Crippen LogP contribution in [-0.4, -0.2) is 4.98 Å². The highest BCUT2D eigenvalue weighted by Crippen LogP contribution is 2.40. The molecule has 0 saturated heterocycles. The minimum atomic E-state index is 0.626. The molecule has 0 spiro atoms. The summed E-state index contributed by atoms with van der Waals surface area (Å²) in [5.41, 5.74) is 7.53. The van der Waals surface area contributed by atoms with E-state index in [1.165, 1.54) is 0 Å². The normalized spacial score (nSPS) is 11.6. The number of benzene rings is 6. The second-order valence-electron chi connectivity index (χ2n) is 9.65. The van der Waals surface area contributed by atoms with E-state index in [-0.39, 0.29) is 0 Å². The molecule has 8 rings (SSSR count). The fraction of sp³-hybridized carbons (Fsp3) is 0. The van der Waals surface area contributed by atoms with Gasteiger partial charge in [-0.15, -0.1) is 0 Å². The van der Waals surface area contributed by atoms with Crippen molar-refractivity contribution in [1.29, 1.82) is 0 Å². The van der Waals surface area contributed by atoms with E-state index in [0.29, 0.717) is 5.89 Å². The molecular formula is C35H22N2O2. The lowest BCUT2D eigenvalue weighted by Gasteiger charge is -2.26. The molecule has 0 aliphatic rings. The SMILES string of the molecule is c1ccc(-c2nc3c(ccc4ccc(N(c5ccccc5)c5ccc6oc7ccccc7c6c5)cc43)o2)cc1. The monoisotopic (exact) mass is 502 g/mol. The highest BCUT2D eigenvalue weighted by Gasteiger charge is 2.17. The molecule has 0 N–H and O–H groups in total. The maximum Gasteiger partial charge on any atom is 0.227 e. The number of nitrogens with zero attached hydrogens (tertiary/aromatic N) is 2. The number of rotatable bonds is 4. The first-order chi connectivity index (χ1) is 19.3. The quantitative estimate of drug-likeness (QED) is 0.240. The third kappa shape index (κ3) is 3.57. The van der Waals surface area contributed by atoms with Gasteiger partial charge in [0, 0.05) is 38.8 Å². The van der Waals surface area contributed by atoms with Gasteiger partial charge in [-0.1, -0.05) is 66.7 Å². The molecule has 184 valence electrons. The number of furan rings is 1. The average molecular weight is 503 g/mol. The zero-order valence-corrected chi connectivity index (χ0v) is 20.9. The van der Waals surface area contributed by atoms with Crippen molar-refractivity contribution in [3.63, 3.8) is 0 Å². The Labute approximate surface area is 224 Å². The summed E-state index contributed by atoms with van der Waals surface area (Å²) in [5, 5.41) is 4.37. The van der Waals surface area contributed by atoms with Gasteiger partial charge >= 0.3 is 0 Å². The Morgan fingerprint density at radius 3 is 1.95 bits per heavy atom. The Hall–Kier alpha value is -5.35. The maximum absolute atomic E-state index is 6.18. The summed E-state index contributed by atoms with van der Waals surface area (Å²) in [6.45, 7) is 0. The molecule has 0 unspecified atom stereocenters. The second-order valence-corrected chi connectivity index (χ2v) is 9.65. The van der Waals surface area contributed by atoms with Crippen molar-refractivity contribution < 1.29 is 8.83 Å². The van der Waals surface area contributed by atoms with Crippen LogP contribution in [0.15, 0.2) is 142 Å². The van der Waals surface area contributed by atoms with Crippen LogP contribution in [0.4, 0.5) is 17.1 Å². The predicted molar refractivity (Wildman–Crippen MR) is 159 cm³/mol. The lowest BCUT2D eigenvalue weighted by atomic mass is 10.1. The average Bonchev–Trinajstić information content (AvgIpc) is 3.60. The van der Waals surface area contributed by atoms with Crippen LogP contribution >= 0.6 is 0 Å². The Kier molecular flexibility index (Phi) is 4.79. The molecule has 4 nitrogen and oxygen atoms in total. The van der Waals surface area contributed by atoms with Crippen molar-refractivity contribution in [2.24, 2.45) is 0 Å². The zero-order chi connectivity index (χ0) is 25.8. The number of anilines is 3. The summed E-state index contributed by atoms with van der Waals surface area (Å²) in [6, 6.07) is 45.7. The lowest BCUT2D eigenvalue weighted by Crippen LogP contribution is -2.09. The molecule has 2 heterocycles. The lowest BCUT2D eigenvalue weighted by molar-refractivity contribution is 0.620. The Balaban J connectivity index is 1.34. The molecule has 0 bridgehead atoms. The number of fused-ring (bicyclic) bond motifs is 6. The Morgan fingerprint density at radius 1 is 0.462 bits per heavy atom. The summed E-state index contributed by atoms with van der Waals surface area (Å²) < 4.78 is 12.3. The first-order valence-electron chi connectivity index (χ1n) is 13.0. The number of para-hydroxylation sites is 2. The number of hydrogen-bond donors (Lipinski definition) is 0. The molecule has 8 aromatic rings. The van der Waals surface area contributed by atoms with E-state index in [1.807, 2.05) is 54.6 Å². The first kappa shape index (κ1) is 21.7. The molecule has 0 atom stereocenters. The fourth-order valence-corrected chi connectivity index (χ4v) is 5.42. The van der Waals surface area contributed by atoms with Crippen molar-refractivity contribution in [3.8, 4) is 11.5 Å². The minimum Gasteiger partial charge on any atom is -0.456 e. The third-order valence-electron chi connectivity index (χ3n) is 7.27. The van der Waals surface area contributed by atoms with Crippen LogP contribution in [0.5, 0.6) is 0 Å². The van der Waals surface area contributed by atoms with Gasteiger partial charge in [-0.05, 0) is 72.1 Å². The number of aromatic nitrogens is 1. The predicted octanol–water partition coefficient (Wildman–Crippen LogP) is 10.0. The van der Waals surface area contributed by atoms with E-state index in [4.69, 9.17) is 13.8 Å². The third-order valence-corrected chi connectivity index (χ3v) is 7.27. The van der Waals surface area contributed by atoms with Crippen molar-refractivity contribution in [1.82, 2.24) is 4.98 Å². The van der Waals surface area contributed by atoms with Crippen LogP contribution in [0.3, 0.4) is 0 Å². The van der Waals surface area contributed by atoms with Gasteiger partial charge in [-0.2, -0.15) is 0 Å². The topological polar surface area (TPSA) is 42.4 Å². The van der Waals surface area contributed by atoms with Crippen LogP contribution < -0.4 is 4.90 Å². The van der Waals surface area contributed by atoms with Crippen molar-refractivity contribution in [2.45, 2.75) is 0 Å². The van der Waals surface area contributed by atoms with Gasteiger partial charge in [0.15, 0.2) is 5.58 Å². The van der Waals surface area contributed by atoms with Gasteiger partial charge in [-0.25, -0.2) is 4.98 Å². The van der Waals surface area contributed by atoms with E-state index in [0.717, 1.165) is 66.4 Å². The summed E-state index contributed by atoms with van der Waals surface area (Å²) in [7, 11) is 0. The molecule has 0 amide bonds. The van der Waals surface area contributed by atoms with Crippen molar-refractivity contribution >= 4 is 60.9 Å². The summed E-state index contributed by atoms with van der Waals surface area (Å²) in [4.78, 5) is 7.20. The van der Waals surface area contributed by atoms with Gasteiger partial charge in [-0.3, -0.25) is 0 Å². The molecule has 2 aromatic heterocycles. The van der Waals surface area contributed by atoms with Gasteiger partial charge in [0.2, 0.25) is 5.89 Å². The standard InChI is InChI=1S/C35H22N2O2/c1-3-9-24(10-4-1)35-36-34-29-21-26(17-15-23(29)16-19-33(34)39-35)37(25-11-5-2-6-12-25)27-18-20-32-30(22-27)28-13-7-8-14-31(28)38-32/h1-22H. The Morgan fingerprint density at radius 2 is 1.10 bits per heavy atom. The highest BCUT2D eigenvalue weighted by molar-refractivity contribution is 6.08. The summed E-state index contributed by atoms with van der Waals surface area (Å²) in [5.74, 6) is 0.626. The molecule has 0 fully saturated rings. The minimum absolute atomic E-state index is 0.626. The van der Waals surface area contributed by atoms with Crippen LogP contribution in [0.1, 0.15) is 0 Å². The molecule has 0 radical (unpaired) electrons. The van der Waals surface area contributed by atoms with Crippen molar-refractivity contribution in [2.75, 3.05) is 4.90 Å². The second kappa shape index (κ2) is 8.61. The maximum atomic E-state index is 6.18. The van der Waals surface area contributed by atoms with Gasteiger partial charge < -0.3 is 13.7 Å². The highest BCUT2D eigenvalue weighted by atomic mass is 16.3. The van der Waals surface area contributed by atoms with E-state index < -0.39 is 0 Å². The summed E-state index contributed by atoms with van der Waals surface area (Å²) >= 11 is 0. The van der Waals surface area contributed by atoms with E-state index in [9.17, 15) is 0 Å². The smallest absolute Gasteiger partial charge is 0.227 e. The van der Waals surface area contributed by atoms with Crippen LogP contribution in [-0.2, 0) is 0 Å². The van der Waals surface area contributed by atoms with E-state index in [1.54, 1.807) is 0 Å². The molecule has 4 heteroatoms. The van der Waals surface area contributed by atoms with Crippen molar-refractivity contribution in [3.05, 3.63) is 133 Å².